The zero-order chi connectivity index (χ0) is 9.38. The van der Waals surface area contributed by atoms with Crippen LogP contribution in [0.25, 0.3) is 0 Å². The van der Waals surface area contributed by atoms with Crippen LogP contribution in [0.2, 0.25) is 0 Å². The Kier molecular flexibility index (Phi) is 1.52. The predicted molar refractivity (Wildman–Crippen MR) is 57.0 cm³/mol. The number of hydrogen-bond acceptors (Lipinski definition) is 1. The molecule has 0 aromatic heterocycles. The standard InChI is InChI=1S/C13H10N/c1-2-7-13-11(5-1)8-9-12-6-3-4-10-14(12)13/h1-8,10,13H/q+1. The number of allylic oxidation sites excluding steroid dienone is 4. The van der Waals surface area contributed by atoms with Crippen LogP contribution in [0.1, 0.15) is 0 Å². The lowest BCUT2D eigenvalue weighted by Gasteiger charge is -2.29. The van der Waals surface area contributed by atoms with Gasteiger partial charge in [0, 0.05) is 30.8 Å². The molecule has 14 heavy (non-hydrogen) atoms. The molecule has 1 nitrogen and oxygen atoms in total. The van der Waals surface area contributed by atoms with Crippen LogP contribution in [0.15, 0.2) is 65.7 Å². The molecule has 3 aliphatic rings. The van der Waals surface area contributed by atoms with E-state index in [0.29, 0.717) is 6.04 Å². The van der Waals surface area contributed by atoms with Gasteiger partial charge in [0.25, 0.3) is 0 Å². The van der Waals surface area contributed by atoms with E-state index >= 15 is 0 Å². The van der Waals surface area contributed by atoms with Gasteiger partial charge in [-0.2, -0.15) is 0 Å². The first kappa shape index (κ1) is 7.54. The topological polar surface area (TPSA) is 3.24 Å². The Morgan fingerprint density at radius 3 is 3.36 bits per heavy atom. The van der Waals surface area contributed by atoms with Crippen LogP contribution in [0.4, 0.5) is 0 Å². The van der Waals surface area contributed by atoms with Crippen molar-refractivity contribution in [1.82, 2.24) is 4.90 Å². The molecule has 0 spiro atoms. The van der Waals surface area contributed by atoms with Gasteiger partial charge < -0.3 is 4.90 Å². The Hall–Kier alpha value is -1.85. The van der Waals surface area contributed by atoms with Crippen molar-refractivity contribution in [1.29, 1.82) is 0 Å². The van der Waals surface area contributed by atoms with Crippen LogP contribution in [0, 0.1) is 6.42 Å². The fourth-order valence-corrected chi connectivity index (χ4v) is 1.91. The lowest BCUT2D eigenvalue weighted by atomic mass is 9.95. The van der Waals surface area contributed by atoms with Crippen LogP contribution in [-0.4, -0.2) is 10.9 Å². The molecule has 0 aromatic carbocycles. The van der Waals surface area contributed by atoms with Crippen molar-refractivity contribution in [2.75, 3.05) is 0 Å². The highest BCUT2D eigenvalue weighted by Crippen LogP contribution is 2.27. The van der Waals surface area contributed by atoms with E-state index in [1.807, 2.05) is 6.08 Å². The quantitative estimate of drug-likeness (QED) is 0.409. The van der Waals surface area contributed by atoms with E-state index < -0.39 is 0 Å². The molecule has 0 N–H and O–H groups in total. The zero-order valence-electron chi connectivity index (χ0n) is 7.72. The van der Waals surface area contributed by atoms with Crippen molar-refractivity contribution in [3.05, 3.63) is 72.2 Å². The Balaban J connectivity index is 2.12. The first-order chi connectivity index (χ1) is 6.95. The Morgan fingerprint density at radius 2 is 2.36 bits per heavy atom. The molecular formula is C13H10N+. The van der Waals surface area contributed by atoms with Crippen LogP contribution < -0.4 is 0 Å². The lowest BCUT2D eigenvalue weighted by Crippen LogP contribution is -2.32. The molecule has 0 amide bonds. The zero-order valence-corrected chi connectivity index (χ0v) is 7.72. The Bertz CT molecular complexity index is 440. The highest BCUT2D eigenvalue weighted by molar-refractivity contribution is 5.45. The second-order valence-corrected chi connectivity index (χ2v) is 3.47. The van der Waals surface area contributed by atoms with Gasteiger partial charge >= 0.3 is 0 Å². The van der Waals surface area contributed by atoms with Crippen molar-refractivity contribution in [3.8, 4) is 0 Å². The third-order valence-corrected chi connectivity index (χ3v) is 2.61. The molecule has 2 aliphatic heterocycles. The largest absolute Gasteiger partial charge is 0.308 e. The minimum absolute atomic E-state index is 0.359. The molecule has 3 rings (SSSR count). The molecule has 0 radical (unpaired) electrons. The Morgan fingerprint density at radius 1 is 1.36 bits per heavy atom. The van der Waals surface area contributed by atoms with Gasteiger partial charge in [-0.3, -0.25) is 0 Å². The van der Waals surface area contributed by atoms with Gasteiger partial charge in [-0.05, 0) is 12.2 Å². The first-order valence-electron chi connectivity index (χ1n) is 4.77. The Labute approximate surface area is 83.7 Å². The molecule has 0 saturated heterocycles. The van der Waals surface area contributed by atoms with Crippen molar-refractivity contribution in [3.63, 3.8) is 0 Å². The van der Waals surface area contributed by atoms with Gasteiger partial charge in [0.05, 0.1) is 17.3 Å². The number of rotatable bonds is 0. The molecule has 0 saturated carbocycles. The molecule has 1 heteroatoms. The molecule has 1 atom stereocenters. The maximum atomic E-state index is 3.28. The average Bonchev–Trinajstić information content (AvgIpc) is 2.29. The van der Waals surface area contributed by atoms with Crippen molar-refractivity contribution >= 4 is 0 Å². The molecule has 66 valence electrons. The summed E-state index contributed by atoms with van der Waals surface area (Å²) in [6.07, 6.45) is 18.9. The van der Waals surface area contributed by atoms with Gasteiger partial charge in [-0.1, -0.05) is 11.8 Å². The summed E-state index contributed by atoms with van der Waals surface area (Å²) in [5, 5.41) is 0. The maximum absolute atomic E-state index is 3.28. The van der Waals surface area contributed by atoms with Gasteiger partial charge in [-0.15, -0.1) is 0 Å². The number of nitrogens with zero attached hydrogens (tertiary/aromatic N) is 1. The number of fused-ring (bicyclic) bond motifs is 3. The molecule has 1 unspecified atom stereocenters. The second-order valence-electron chi connectivity index (χ2n) is 3.47. The van der Waals surface area contributed by atoms with Crippen molar-refractivity contribution in [2.45, 2.75) is 6.04 Å². The predicted octanol–water partition coefficient (Wildman–Crippen LogP) is 2.49. The monoisotopic (exact) mass is 180 g/mol. The van der Waals surface area contributed by atoms with Crippen LogP contribution >= 0.6 is 0 Å². The van der Waals surface area contributed by atoms with E-state index in [9.17, 15) is 0 Å². The van der Waals surface area contributed by atoms with Crippen molar-refractivity contribution < 1.29 is 0 Å². The van der Waals surface area contributed by atoms with E-state index in [1.165, 1.54) is 5.57 Å². The normalized spacial score (nSPS) is 26.3. The van der Waals surface area contributed by atoms with E-state index in [1.54, 1.807) is 0 Å². The number of hydrogen-bond donors (Lipinski definition) is 0. The van der Waals surface area contributed by atoms with Crippen LogP contribution in [-0.2, 0) is 0 Å². The minimum atomic E-state index is 0.359. The van der Waals surface area contributed by atoms with Gasteiger partial charge in [-0.25, -0.2) is 0 Å². The van der Waals surface area contributed by atoms with E-state index in [4.69, 9.17) is 0 Å². The van der Waals surface area contributed by atoms with Crippen LogP contribution in [0.3, 0.4) is 0 Å². The lowest BCUT2D eigenvalue weighted by molar-refractivity contribution is 0.439. The first-order valence-corrected chi connectivity index (χ1v) is 4.77. The molecule has 0 fully saturated rings. The smallest absolute Gasteiger partial charge is 0.166 e. The summed E-state index contributed by atoms with van der Waals surface area (Å²) in [5.41, 5.74) is 5.72. The van der Waals surface area contributed by atoms with Gasteiger partial charge in [0.1, 0.15) is 0 Å². The summed E-state index contributed by atoms with van der Waals surface area (Å²) in [4.78, 5) is 2.23. The van der Waals surface area contributed by atoms with E-state index in [-0.39, 0.29) is 0 Å². The molecule has 2 heterocycles. The van der Waals surface area contributed by atoms with Gasteiger partial charge in [0.15, 0.2) is 6.04 Å². The third kappa shape index (κ3) is 1.00. The van der Waals surface area contributed by atoms with E-state index in [0.717, 1.165) is 5.70 Å². The third-order valence-electron chi connectivity index (χ3n) is 2.61. The summed E-state index contributed by atoms with van der Waals surface area (Å²) < 4.78 is 0. The second kappa shape index (κ2) is 2.83. The van der Waals surface area contributed by atoms with Crippen molar-refractivity contribution in [2.24, 2.45) is 0 Å². The minimum Gasteiger partial charge on any atom is -0.308 e. The molecule has 0 aromatic rings. The summed E-state index contributed by atoms with van der Waals surface area (Å²) >= 11 is 0. The SMILES string of the molecule is C1=CC2=C[CH+]C=CC2N2C=CC=CC=12. The average molecular weight is 180 g/mol. The molecule has 1 aliphatic carbocycles. The molecular weight excluding hydrogens is 170 g/mol. The highest BCUT2D eigenvalue weighted by atomic mass is 15.2. The summed E-state index contributed by atoms with van der Waals surface area (Å²) in [6, 6.07) is 0.359. The summed E-state index contributed by atoms with van der Waals surface area (Å²) in [6.45, 7) is 0. The van der Waals surface area contributed by atoms with Gasteiger partial charge in [0.2, 0.25) is 0 Å². The summed E-state index contributed by atoms with van der Waals surface area (Å²) in [5.74, 6) is 0. The fourth-order valence-electron chi connectivity index (χ4n) is 1.91. The summed E-state index contributed by atoms with van der Waals surface area (Å²) in [7, 11) is 0. The fraction of sp³-hybridized carbons (Fsp3) is 0.0769. The van der Waals surface area contributed by atoms with E-state index in [2.05, 4.69) is 59.7 Å². The molecule has 0 bridgehead atoms. The maximum Gasteiger partial charge on any atom is 0.166 e. The highest BCUT2D eigenvalue weighted by Gasteiger charge is 2.29. The van der Waals surface area contributed by atoms with Crippen LogP contribution in [0.5, 0.6) is 0 Å².